The second kappa shape index (κ2) is 25.9. The molecule has 16 nitrogen and oxygen atoms in total. The summed E-state index contributed by atoms with van der Waals surface area (Å²) >= 11 is 1.57. The third-order valence-corrected chi connectivity index (χ3v) is 15.1. The van der Waals surface area contributed by atoms with Crippen molar-refractivity contribution in [1.82, 2.24) is 30.8 Å². The summed E-state index contributed by atoms with van der Waals surface area (Å²) in [5.41, 5.74) is 10.8. The van der Waals surface area contributed by atoms with Gasteiger partial charge < -0.3 is 50.1 Å². The number of aliphatic hydroxyl groups is 1. The largest absolute Gasteiger partial charge is 0.391 e. The maximum absolute atomic E-state index is 14.1. The van der Waals surface area contributed by atoms with Crippen LogP contribution < -0.4 is 26.4 Å². The minimum absolute atomic E-state index is 0.0353. The lowest BCUT2D eigenvalue weighted by Crippen LogP contribution is -2.58. The molecule has 4 amide bonds. The lowest BCUT2D eigenvalue weighted by molar-refractivity contribution is -0.144. The summed E-state index contributed by atoms with van der Waals surface area (Å²) in [6.45, 7) is 19.4. The Kier molecular flexibility index (Phi) is 19.4. The first-order valence-corrected chi connectivity index (χ1v) is 27.0. The number of anilines is 1. The predicted octanol–water partition coefficient (Wildman–Crippen LogP) is 7.09. The molecule has 17 heteroatoms. The van der Waals surface area contributed by atoms with Crippen molar-refractivity contribution in [2.24, 2.45) is 5.41 Å². The van der Waals surface area contributed by atoms with Gasteiger partial charge in [-0.1, -0.05) is 69.0 Å². The highest BCUT2D eigenvalue weighted by atomic mass is 32.1. The van der Waals surface area contributed by atoms with Crippen molar-refractivity contribution in [3.63, 3.8) is 0 Å². The number of rotatable bonds is 19. The zero-order valence-electron chi connectivity index (χ0n) is 45.3. The van der Waals surface area contributed by atoms with Crippen LogP contribution in [0.15, 0.2) is 77.0 Å². The standard InChI is InChI=1S/C59H73N7O9S/c1-10-65(46-21-24-74-25-22-46)50-30-45(29-48(38(50)4)55(69)60-32-49-36(2)28-37(3)62-56(49)70)43-15-13-41(14-16-43)12-11-23-73-26-27-75-34-52(68)64-54(59(7,8)9)58(72)66-33-47(67)31-51(66)57(71)63-39(5)42-17-19-44(20-18-42)53-40(6)61-35-76-53/h13-20,28-30,35,39,46-47,51,54,67H,10,21-27,31-34H2,1-9H3,(H,60,69)(H,62,70)(H,63,71)(H,64,68)/t39-,47+,51-,54?/m0/s1. The lowest BCUT2D eigenvalue weighted by Gasteiger charge is -2.37. The van der Waals surface area contributed by atoms with Gasteiger partial charge in [-0.3, -0.25) is 24.0 Å². The van der Waals surface area contributed by atoms with E-state index in [-0.39, 0.29) is 75.4 Å². The molecule has 0 aliphatic carbocycles. The summed E-state index contributed by atoms with van der Waals surface area (Å²) in [7, 11) is 0. The summed E-state index contributed by atoms with van der Waals surface area (Å²) < 4.78 is 17.0. The first-order chi connectivity index (χ1) is 36.3. The van der Waals surface area contributed by atoms with Crippen LogP contribution in [-0.4, -0.2) is 121 Å². The number of aromatic amines is 1. The lowest BCUT2D eigenvalue weighted by atomic mass is 9.85. The van der Waals surface area contributed by atoms with Gasteiger partial charge in [0.2, 0.25) is 17.7 Å². The number of aliphatic hydroxyl groups excluding tert-OH is 1. The van der Waals surface area contributed by atoms with E-state index < -0.39 is 35.4 Å². The maximum Gasteiger partial charge on any atom is 0.253 e. The zero-order chi connectivity index (χ0) is 54.7. The van der Waals surface area contributed by atoms with Crippen molar-refractivity contribution in [3.8, 4) is 33.4 Å². The Bertz CT molecular complexity index is 2970. The third kappa shape index (κ3) is 14.4. The van der Waals surface area contributed by atoms with Gasteiger partial charge in [0, 0.05) is 73.4 Å². The molecule has 2 aliphatic rings. The minimum atomic E-state index is -0.995. The summed E-state index contributed by atoms with van der Waals surface area (Å²) in [5.74, 6) is 4.56. The van der Waals surface area contributed by atoms with Crippen LogP contribution in [0, 0.1) is 45.0 Å². The molecule has 2 aromatic heterocycles. The number of pyridine rings is 1. The van der Waals surface area contributed by atoms with Crippen molar-refractivity contribution in [2.75, 3.05) is 57.6 Å². The first-order valence-electron chi connectivity index (χ1n) is 26.1. The number of carbonyl (C=O) groups is 4. The van der Waals surface area contributed by atoms with Crippen molar-refractivity contribution in [1.29, 1.82) is 0 Å². The van der Waals surface area contributed by atoms with E-state index in [0.29, 0.717) is 24.3 Å². The Balaban J connectivity index is 0.898. The third-order valence-electron chi connectivity index (χ3n) is 14.1. The number of aromatic nitrogens is 2. The Morgan fingerprint density at radius 2 is 1.64 bits per heavy atom. The number of β-amino-alcohol motifs (C(OH)–C–C–N with tert-alkyl or cyclic N) is 1. The van der Waals surface area contributed by atoms with E-state index in [0.717, 1.165) is 80.3 Å². The number of ether oxygens (including phenoxy) is 3. The minimum Gasteiger partial charge on any atom is -0.391 e. The van der Waals surface area contributed by atoms with Gasteiger partial charge >= 0.3 is 0 Å². The van der Waals surface area contributed by atoms with Crippen LogP contribution in [0.3, 0.4) is 0 Å². The molecule has 0 spiro atoms. The van der Waals surface area contributed by atoms with E-state index in [1.807, 2.05) is 122 Å². The highest BCUT2D eigenvalue weighted by Crippen LogP contribution is 2.35. The fraction of sp³-hybridized carbons (Fsp3) is 0.458. The highest BCUT2D eigenvalue weighted by Gasteiger charge is 2.45. The van der Waals surface area contributed by atoms with Gasteiger partial charge in [-0.15, -0.1) is 11.3 Å². The van der Waals surface area contributed by atoms with Crippen LogP contribution in [0.25, 0.3) is 21.6 Å². The molecule has 3 aromatic carbocycles. The number of thiazole rings is 1. The van der Waals surface area contributed by atoms with Crippen LogP contribution >= 0.6 is 11.3 Å². The Labute approximate surface area is 450 Å². The molecule has 2 fully saturated rings. The molecule has 7 rings (SSSR count). The number of hydrogen-bond acceptors (Lipinski definition) is 12. The highest BCUT2D eigenvalue weighted by molar-refractivity contribution is 7.13. The molecule has 2 aliphatic heterocycles. The Morgan fingerprint density at radius 1 is 0.947 bits per heavy atom. The number of aryl methyl sites for hydroxylation is 3. The Morgan fingerprint density at radius 3 is 2.30 bits per heavy atom. The SMILES string of the molecule is CCN(c1cc(-c2ccc(C#CCOCCOCC(=O)NC(C(=O)N3C[C@H](O)C[C@H]3C(=O)N[C@@H](C)c3ccc(-c4scnc4C)cc3)C(C)(C)C)cc2)cc(C(=O)NCc2c(C)cc(C)[nH]c2=O)c1C)C1CCOCC1. The van der Waals surface area contributed by atoms with Crippen LogP contribution in [0.5, 0.6) is 0 Å². The average Bonchev–Trinajstić information content (AvgIpc) is 4.02. The molecule has 5 aromatic rings. The van der Waals surface area contributed by atoms with Gasteiger partial charge in [0.1, 0.15) is 25.3 Å². The molecule has 2 saturated heterocycles. The number of nitrogens with zero attached hydrogens (tertiary/aromatic N) is 3. The molecule has 4 heterocycles. The number of nitrogens with one attached hydrogen (secondary N) is 4. The van der Waals surface area contributed by atoms with E-state index in [2.05, 4.69) is 55.6 Å². The summed E-state index contributed by atoms with van der Waals surface area (Å²) in [6.07, 6.45) is 0.964. The second-order valence-electron chi connectivity index (χ2n) is 20.8. The quantitative estimate of drug-likeness (QED) is 0.0417. The normalized spacial score (nSPS) is 16.6. The zero-order valence-corrected chi connectivity index (χ0v) is 46.1. The molecule has 5 N–H and O–H groups in total. The van der Waals surface area contributed by atoms with Crippen LogP contribution in [0.2, 0.25) is 0 Å². The van der Waals surface area contributed by atoms with Crippen molar-refractivity contribution in [2.45, 2.75) is 118 Å². The molecule has 4 atom stereocenters. The van der Waals surface area contributed by atoms with E-state index in [4.69, 9.17) is 14.2 Å². The molecule has 0 radical (unpaired) electrons. The van der Waals surface area contributed by atoms with E-state index in [1.54, 1.807) is 11.3 Å². The van der Waals surface area contributed by atoms with Crippen LogP contribution in [-0.2, 0) is 35.1 Å². The van der Waals surface area contributed by atoms with Gasteiger partial charge in [0.15, 0.2) is 0 Å². The average molecular weight is 1060 g/mol. The number of carbonyl (C=O) groups excluding carboxylic acids is 4. The monoisotopic (exact) mass is 1060 g/mol. The van der Waals surface area contributed by atoms with E-state index >= 15 is 0 Å². The molecule has 1 unspecified atom stereocenters. The van der Waals surface area contributed by atoms with Crippen molar-refractivity contribution >= 4 is 40.7 Å². The fourth-order valence-corrected chi connectivity index (χ4v) is 10.7. The molecule has 404 valence electrons. The van der Waals surface area contributed by atoms with Crippen molar-refractivity contribution < 1.29 is 38.5 Å². The van der Waals surface area contributed by atoms with Crippen LogP contribution in [0.4, 0.5) is 5.69 Å². The van der Waals surface area contributed by atoms with Gasteiger partial charge in [0.05, 0.1) is 41.4 Å². The van der Waals surface area contributed by atoms with Gasteiger partial charge in [0.25, 0.3) is 11.5 Å². The van der Waals surface area contributed by atoms with E-state index in [9.17, 15) is 29.1 Å². The van der Waals surface area contributed by atoms with Crippen molar-refractivity contribution in [3.05, 3.63) is 127 Å². The number of benzene rings is 3. The van der Waals surface area contributed by atoms with Crippen LogP contribution in [0.1, 0.15) is 109 Å². The van der Waals surface area contributed by atoms with Gasteiger partial charge in [-0.25, -0.2) is 4.98 Å². The summed E-state index contributed by atoms with van der Waals surface area (Å²) in [4.78, 5) is 79.7. The summed E-state index contributed by atoms with van der Waals surface area (Å²) in [6, 6.07) is 19.7. The smallest absolute Gasteiger partial charge is 0.253 e. The molecular weight excluding hydrogens is 983 g/mol. The maximum atomic E-state index is 14.1. The number of hydrogen-bond donors (Lipinski definition) is 5. The number of likely N-dealkylation sites (tertiary alicyclic amines) is 1. The number of H-pyrrole nitrogens is 1. The van der Waals surface area contributed by atoms with E-state index in [1.165, 1.54) is 4.90 Å². The molecule has 0 saturated carbocycles. The molecule has 76 heavy (non-hydrogen) atoms. The second-order valence-corrected chi connectivity index (χ2v) is 21.6. The molecule has 0 bridgehead atoms. The number of amides is 4. The Hall–Kier alpha value is -6.68. The van der Waals surface area contributed by atoms with Gasteiger partial charge in [-0.2, -0.15) is 0 Å². The first kappa shape index (κ1) is 57.0. The molecular formula is C59H73N7O9S. The topological polar surface area (TPSA) is 205 Å². The fourth-order valence-electron chi connectivity index (χ4n) is 9.90. The predicted molar refractivity (Wildman–Crippen MR) is 296 cm³/mol. The summed E-state index contributed by atoms with van der Waals surface area (Å²) in [5, 5.41) is 19.5. The van der Waals surface area contributed by atoms with Gasteiger partial charge in [-0.05, 0) is 124 Å².